The van der Waals surface area contributed by atoms with Crippen molar-refractivity contribution < 1.29 is 14.2 Å². The molecule has 0 N–H and O–H groups in total. The molecule has 1 aliphatic heterocycles. The lowest BCUT2D eigenvalue weighted by Crippen LogP contribution is -2.08. The van der Waals surface area contributed by atoms with Gasteiger partial charge in [-0.05, 0) is 25.8 Å². The van der Waals surface area contributed by atoms with Crippen molar-refractivity contribution in [2.75, 3.05) is 20.5 Å². The van der Waals surface area contributed by atoms with E-state index in [0.717, 1.165) is 13.0 Å². The second-order valence-corrected chi connectivity index (χ2v) is 3.43. The molecule has 0 aliphatic carbocycles. The van der Waals surface area contributed by atoms with Crippen LogP contribution in [0, 0.1) is 0 Å². The molecule has 13 heavy (non-hydrogen) atoms. The van der Waals surface area contributed by atoms with Crippen molar-refractivity contribution in [3.8, 4) is 0 Å². The van der Waals surface area contributed by atoms with Crippen LogP contribution in [0.4, 0.5) is 0 Å². The SMILES string of the molecule is COCO[C@@H](C)/C=C1/CO[C@H](C)C1. The van der Waals surface area contributed by atoms with Gasteiger partial charge in [-0.1, -0.05) is 6.08 Å². The molecule has 0 aromatic carbocycles. The molecule has 0 spiro atoms. The Morgan fingerprint density at radius 1 is 1.69 bits per heavy atom. The molecule has 0 aromatic heterocycles. The fourth-order valence-corrected chi connectivity index (χ4v) is 1.41. The molecule has 0 unspecified atom stereocenters. The molecular weight excluding hydrogens is 168 g/mol. The quantitative estimate of drug-likeness (QED) is 0.494. The molecule has 1 heterocycles. The smallest absolute Gasteiger partial charge is 0.147 e. The number of methoxy groups -OCH3 is 1. The zero-order chi connectivity index (χ0) is 9.68. The summed E-state index contributed by atoms with van der Waals surface area (Å²) in [5.74, 6) is 0. The molecule has 1 rings (SSSR count). The third kappa shape index (κ3) is 3.89. The van der Waals surface area contributed by atoms with Crippen molar-refractivity contribution in [3.05, 3.63) is 11.6 Å². The highest BCUT2D eigenvalue weighted by molar-refractivity contribution is 5.09. The Morgan fingerprint density at radius 3 is 3.00 bits per heavy atom. The summed E-state index contributed by atoms with van der Waals surface area (Å²) in [4.78, 5) is 0. The molecular formula is C10H18O3. The molecule has 0 aromatic rings. The van der Waals surface area contributed by atoms with Gasteiger partial charge in [-0.2, -0.15) is 0 Å². The van der Waals surface area contributed by atoms with E-state index in [9.17, 15) is 0 Å². The second kappa shape index (κ2) is 5.37. The Labute approximate surface area is 79.7 Å². The monoisotopic (exact) mass is 186 g/mol. The van der Waals surface area contributed by atoms with Crippen LogP contribution < -0.4 is 0 Å². The first kappa shape index (κ1) is 10.7. The van der Waals surface area contributed by atoms with Crippen molar-refractivity contribution >= 4 is 0 Å². The number of rotatable bonds is 4. The molecule has 3 heteroatoms. The molecule has 76 valence electrons. The van der Waals surface area contributed by atoms with Crippen LogP contribution in [0.2, 0.25) is 0 Å². The van der Waals surface area contributed by atoms with E-state index in [-0.39, 0.29) is 6.10 Å². The van der Waals surface area contributed by atoms with E-state index in [2.05, 4.69) is 13.0 Å². The Balaban J connectivity index is 2.28. The van der Waals surface area contributed by atoms with Gasteiger partial charge in [0.25, 0.3) is 0 Å². The molecule has 0 bridgehead atoms. The molecule has 1 fully saturated rings. The summed E-state index contributed by atoms with van der Waals surface area (Å²) in [6.45, 7) is 5.19. The van der Waals surface area contributed by atoms with Gasteiger partial charge in [0.15, 0.2) is 0 Å². The van der Waals surface area contributed by atoms with Crippen molar-refractivity contribution in [2.24, 2.45) is 0 Å². The average molecular weight is 186 g/mol. The molecule has 1 saturated heterocycles. The fourth-order valence-electron chi connectivity index (χ4n) is 1.41. The summed E-state index contributed by atoms with van der Waals surface area (Å²) in [7, 11) is 1.63. The van der Waals surface area contributed by atoms with E-state index in [1.807, 2.05) is 6.92 Å². The summed E-state index contributed by atoms with van der Waals surface area (Å²) in [5.41, 5.74) is 1.33. The third-order valence-electron chi connectivity index (χ3n) is 2.02. The first-order chi connectivity index (χ1) is 6.22. The minimum absolute atomic E-state index is 0.115. The summed E-state index contributed by atoms with van der Waals surface area (Å²) < 4.78 is 15.6. The van der Waals surface area contributed by atoms with E-state index in [1.54, 1.807) is 7.11 Å². The lowest BCUT2D eigenvalue weighted by molar-refractivity contribution is -0.0497. The van der Waals surface area contributed by atoms with Crippen LogP contribution in [0.5, 0.6) is 0 Å². The van der Waals surface area contributed by atoms with Gasteiger partial charge in [-0.15, -0.1) is 0 Å². The van der Waals surface area contributed by atoms with Gasteiger partial charge in [0, 0.05) is 7.11 Å². The van der Waals surface area contributed by atoms with E-state index >= 15 is 0 Å². The maximum Gasteiger partial charge on any atom is 0.147 e. The number of ether oxygens (including phenoxy) is 3. The van der Waals surface area contributed by atoms with E-state index in [4.69, 9.17) is 14.2 Å². The van der Waals surface area contributed by atoms with Gasteiger partial charge in [0.05, 0.1) is 18.8 Å². The van der Waals surface area contributed by atoms with Gasteiger partial charge >= 0.3 is 0 Å². The molecule has 2 atom stereocenters. The maximum atomic E-state index is 5.42. The van der Waals surface area contributed by atoms with Crippen molar-refractivity contribution in [2.45, 2.75) is 32.5 Å². The van der Waals surface area contributed by atoms with Gasteiger partial charge in [0.1, 0.15) is 6.79 Å². The summed E-state index contributed by atoms with van der Waals surface area (Å²) >= 11 is 0. The van der Waals surface area contributed by atoms with Gasteiger partial charge in [-0.3, -0.25) is 0 Å². The Bertz CT molecular complexity index is 177. The topological polar surface area (TPSA) is 27.7 Å². The minimum Gasteiger partial charge on any atom is -0.374 e. The van der Waals surface area contributed by atoms with E-state index < -0.39 is 0 Å². The summed E-state index contributed by atoms with van der Waals surface area (Å²) in [6.07, 6.45) is 3.62. The Morgan fingerprint density at radius 2 is 2.46 bits per heavy atom. The second-order valence-electron chi connectivity index (χ2n) is 3.43. The lowest BCUT2D eigenvalue weighted by atomic mass is 10.1. The predicted octanol–water partition coefficient (Wildman–Crippen LogP) is 1.73. The predicted molar refractivity (Wildman–Crippen MR) is 50.5 cm³/mol. The largest absolute Gasteiger partial charge is 0.374 e. The van der Waals surface area contributed by atoms with Gasteiger partial charge in [0.2, 0.25) is 0 Å². The van der Waals surface area contributed by atoms with Crippen molar-refractivity contribution in [1.82, 2.24) is 0 Å². The normalized spacial score (nSPS) is 28.2. The van der Waals surface area contributed by atoms with Gasteiger partial charge < -0.3 is 14.2 Å². The van der Waals surface area contributed by atoms with Crippen LogP contribution in [0.1, 0.15) is 20.3 Å². The van der Waals surface area contributed by atoms with Crippen LogP contribution in [0.15, 0.2) is 11.6 Å². The molecule has 0 amide bonds. The Kier molecular flexibility index (Phi) is 4.42. The van der Waals surface area contributed by atoms with Crippen LogP contribution >= 0.6 is 0 Å². The zero-order valence-corrected chi connectivity index (χ0v) is 8.58. The van der Waals surface area contributed by atoms with Crippen molar-refractivity contribution in [3.63, 3.8) is 0 Å². The number of hydrogen-bond donors (Lipinski definition) is 0. The standard InChI is InChI=1S/C10H18O3/c1-8-4-10(6-12-8)5-9(2)13-7-11-3/h5,8-9H,4,6-7H2,1-3H3/b10-5+/t8-,9+/m1/s1. The zero-order valence-electron chi connectivity index (χ0n) is 8.58. The van der Waals surface area contributed by atoms with Crippen LogP contribution in [0.25, 0.3) is 0 Å². The van der Waals surface area contributed by atoms with Gasteiger partial charge in [-0.25, -0.2) is 0 Å². The van der Waals surface area contributed by atoms with Crippen molar-refractivity contribution in [1.29, 1.82) is 0 Å². The van der Waals surface area contributed by atoms with E-state index in [1.165, 1.54) is 5.57 Å². The van der Waals surface area contributed by atoms with E-state index in [0.29, 0.717) is 12.9 Å². The highest BCUT2D eigenvalue weighted by Crippen LogP contribution is 2.18. The lowest BCUT2D eigenvalue weighted by Gasteiger charge is -2.08. The molecule has 0 radical (unpaired) electrons. The highest BCUT2D eigenvalue weighted by Gasteiger charge is 2.15. The summed E-state index contributed by atoms with van der Waals surface area (Å²) in [6, 6.07) is 0. The number of hydrogen-bond acceptors (Lipinski definition) is 3. The van der Waals surface area contributed by atoms with Crippen LogP contribution in [0.3, 0.4) is 0 Å². The first-order valence-corrected chi connectivity index (χ1v) is 4.64. The average Bonchev–Trinajstić information content (AvgIpc) is 2.48. The maximum absolute atomic E-state index is 5.42. The van der Waals surface area contributed by atoms with Crippen LogP contribution in [-0.2, 0) is 14.2 Å². The minimum atomic E-state index is 0.115. The molecule has 1 aliphatic rings. The third-order valence-corrected chi connectivity index (χ3v) is 2.02. The first-order valence-electron chi connectivity index (χ1n) is 4.64. The van der Waals surface area contributed by atoms with Crippen LogP contribution in [-0.4, -0.2) is 32.7 Å². The molecule has 0 saturated carbocycles. The summed E-state index contributed by atoms with van der Waals surface area (Å²) in [5, 5.41) is 0. The highest BCUT2D eigenvalue weighted by atomic mass is 16.7. The fraction of sp³-hybridized carbons (Fsp3) is 0.800. The Hall–Kier alpha value is -0.380. The molecule has 3 nitrogen and oxygen atoms in total.